The van der Waals surface area contributed by atoms with Crippen LogP contribution in [0.5, 0.6) is 0 Å². The van der Waals surface area contributed by atoms with Gasteiger partial charge in [0.2, 0.25) is 0 Å². The third kappa shape index (κ3) is 2.44. The summed E-state index contributed by atoms with van der Waals surface area (Å²) in [4.78, 5) is 13.4. The van der Waals surface area contributed by atoms with E-state index in [4.69, 9.17) is 0 Å². The van der Waals surface area contributed by atoms with Crippen LogP contribution in [-0.4, -0.2) is 25.2 Å². The highest BCUT2D eigenvalue weighted by molar-refractivity contribution is 5.81. The Morgan fingerprint density at radius 3 is 2.37 bits per heavy atom. The summed E-state index contributed by atoms with van der Waals surface area (Å²) in [6.07, 6.45) is 4.05. The third-order valence-corrected chi connectivity index (χ3v) is 4.10. The molecule has 0 amide bonds. The van der Waals surface area contributed by atoms with Crippen LogP contribution in [0, 0.1) is 5.82 Å². The largest absolute Gasteiger partial charge is 0.481 e. The van der Waals surface area contributed by atoms with Gasteiger partial charge in [-0.3, -0.25) is 4.79 Å². The third-order valence-electron chi connectivity index (χ3n) is 4.10. The molecule has 1 aromatic carbocycles. The van der Waals surface area contributed by atoms with Gasteiger partial charge in [0.05, 0.1) is 11.1 Å². The lowest BCUT2D eigenvalue weighted by atomic mass is 9.69. The standard InChI is InChI=1S/C15H20FNO2/c1-17(2)13-7-6-11(10-12(13)16)15(14(18)19)8-4-3-5-9-15/h6-7,10H,3-5,8-9H2,1-2H3,(H,18,19). The van der Waals surface area contributed by atoms with E-state index in [1.165, 1.54) is 6.07 Å². The summed E-state index contributed by atoms with van der Waals surface area (Å²) in [5.41, 5.74) is 0.187. The first-order chi connectivity index (χ1) is 8.97. The van der Waals surface area contributed by atoms with Gasteiger partial charge >= 0.3 is 5.97 Å². The molecule has 2 rings (SSSR count). The van der Waals surface area contributed by atoms with Crippen molar-refractivity contribution in [2.45, 2.75) is 37.5 Å². The molecule has 1 N–H and O–H groups in total. The van der Waals surface area contributed by atoms with E-state index in [2.05, 4.69) is 0 Å². The summed E-state index contributed by atoms with van der Waals surface area (Å²) in [5, 5.41) is 9.58. The number of anilines is 1. The normalized spacial score (nSPS) is 18.1. The van der Waals surface area contributed by atoms with Gasteiger partial charge in [-0.05, 0) is 30.5 Å². The lowest BCUT2D eigenvalue weighted by Gasteiger charge is -2.34. The van der Waals surface area contributed by atoms with Crippen molar-refractivity contribution >= 4 is 11.7 Å². The molecule has 0 heterocycles. The highest BCUT2D eigenvalue weighted by Gasteiger charge is 2.41. The van der Waals surface area contributed by atoms with E-state index < -0.39 is 11.4 Å². The van der Waals surface area contributed by atoms with Crippen LogP contribution in [0.3, 0.4) is 0 Å². The van der Waals surface area contributed by atoms with Crippen LogP contribution in [0.1, 0.15) is 37.7 Å². The Morgan fingerprint density at radius 1 is 1.26 bits per heavy atom. The summed E-state index contributed by atoms with van der Waals surface area (Å²) in [7, 11) is 3.54. The zero-order chi connectivity index (χ0) is 14.0. The van der Waals surface area contributed by atoms with Crippen LogP contribution in [-0.2, 0) is 10.2 Å². The number of carboxylic acid groups (broad SMARTS) is 1. The molecule has 1 aliphatic rings. The van der Waals surface area contributed by atoms with E-state index in [-0.39, 0.29) is 5.82 Å². The minimum absolute atomic E-state index is 0.353. The van der Waals surface area contributed by atoms with Crippen LogP contribution in [0.15, 0.2) is 18.2 Å². The van der Waals surface area contributed by atoms with Crippen LogP contribution < -0.4 is 4.90 Å². The van der Waals surface area contributed by atoms with Crippen molar-refractivity contribution in [1.29, 1.82) is 0 Å². The van der Waals surface area contributed by atoms with Gasteiger partial charge in [0, 0.05) is 14.1 Å². The molecule has 0 bridgehead atoms. The number of rotatable bonds is 3. The maximum Gasteiger partial charge on any atom is 0.314 e. The fourth-order valence-corrected chi connectivity index (χ4v) is 2.95. The number of hydrogen-bond acceptors (Lipinski definition) is 2. The first-order valence-corrected chi connectivity index (χ1v) is 6.68. The van der Waals surface area contributed by atoms with Crippen LogP contribution in [0.4, 0.5) is 10.1 Å². The van der Waals surface area contributed by atoms with E-state index in [0.717, 1.165) is 19.3 Å². The molecule has 0 saturated heterocycles. The smallest absolute Gasteiger partial charge is 0.314 e. The molecular formula is C15H20FNO2. The molecule has 0 unspecified atom stereocenters. The van der Waals surface area contributed by atoms with Gasteiger partial charge in [0.25, 0.3) is 0 Å². The quantitative estimate of drug-likeness (QED) is 0.912. The van der Waals surface area contributed by atoms with E-state index in [1.54, 1.807) is 31.1 Å². The van der Waals surface area contributed by atoms with Crippen molar-refractivity contribution in [3.63, 3.8) is 0 Å². The van der Waals surface area contributed by atoms with Crippen molar-refractivity contribution < 1.29 is 14.3 Å². The molecule has 104 valence electrons. The van der Waals surface area contributed by atoms with Crippen molar-refractivity contribution in [3.8, 4) is 0 Å². The molecule has 0 aliphatic heterocycles. The van der Waals surface area contributed by atoms with Crippen LogP contribution in [0.2, 0.25) is 0 Å². The Kier molecular flexibility index (Phi) is 3.78. The molecular weight excluding hydrogens is 245 g/mol. The SMILES string of the molecule is CN(C)c1ccc(C2(C(=O)O)CCCCC2)cc1F. The Morgan fingerprint density at radius 2 is 1.89 bits per heavy atom. The molecule has 4 heteroatoms. The lowest BCUT2D eigenvalue weighted by molar-refractivity contribution is -0.145. The van der Waals surface area contributed by atoms with Crippen LogP contribution in [0.25, 0.3) is 0 Å². The molecule has 0 atom stereocenters. The van der Waals surface area contributed by atoms with Gasteiger partial charge in [0.15, 0.2) is 0 Å². The Balaban J connectivity index is 2.43. The maximum atomic E-state index is 14.1. The monoisotopic (exact) mass is 265 g/mol. The van der Waals surface area contributed by atoms with Crippen molar-refractivity contribution in [1.82, 2.24) is 0 Å². The summed E-state index contributed by atoms with van der Waals surface area (Å²) in [6.45, 7) is 0. The average Bonchev–Trinajstić information content (AvgIpc) is 2.38. The lowest BCUT2D eigenvalue weighted by Crippen LogP contribution is -2.38. The molecule has 0 spiro atoms. The Hall–Kier alpha value is -1.58. The highest BCUT2D eigenvalue weighted by atomic mass is 19.1. The average molecular weight is 265 g/mol. The number of nitrogens with zero attached hydrogens (tertiary/aromatic N) is 1. The first kappa shape index (κ1) is 13.8. The number of carboxylic acids is 1. The summed E-state index contributed by atoms with van der Waals surface area (Å²) in [5.74, 6) is -1.18. The zero-order valence-corrected chi connectivity index (χ0v) is 11.4. The van der Waals surface area contributed by atoms with Crippen LogP contribution >= 0.6 is 0 Å². The second-order valence-electron chi connectivity index (χ2n) is 5.51. The minimum atomic E-state index is -0.899. The molecule has 1 saturated carbocycles. The van der Waals surface area contributed by atoms with Gasteiger partial charge in [-0.25, -0.2) is 4.39 Å². The molecule has 3 nitrogen and oxygen atoms in total. The Labute approximate surface area is 113 Å². The molecule has 1 aromatic rings. The Bertz CT molecular complexity index is 479. The predicted molar refractivity (Wildman–Crippen MR) is 73.1 cm³/mol. The predicted octanol–water partition coefficient (Wildman–Crippen LogP) is 3.18. The maximum absolute atomic E-state index is 14.1. The summed E-state index contributed by atoms with van der Waals surface area (Å²) < 4.78 is 14.1. The second-order valence-corrected chi connectivity index (χ2v) is 5.51. The fraction of sp³-hybridized carbons (Fsp3) is 0.533. The van der Waals surface area contributed by atoms with Gasteiger partial charge in [-0.2, -0.15) is 0 Å². The van der Waals surface area contributed by atoms with Gasteiger partial charge in [-0.15, -0.1) is 0 Å². The van der Waals surface area contributed by atoms with Crippen molar-refractivity contribution in [2.75, 3.05) is 19.0 Å². The topological polar surface area (TPSA) is 40.5 Å². The van der Waals surface area contributed by atoms with Gasteiger partial charge < -0.3 is 10.0 Å². The molecule has 1 fully saturated rings. The molecule has 1 aliphatic carbocycles. The second kappa shape index (κ2) is 5.19. The highest BCUT2D eigenvalue weighted by Crippen LogP contribution is 2.40. The summed E-state index contributed by atoms with van der Waals surface area (Å²) in [6, 6.07) is 4.83. The molecule has 19 heavy (non-hydrogen) atoms. The first-order valence-electron chi connectivity index (χ1n) is 6.68. The summed E-state index contributed by atoms with van der Waals surface area (Å²) >= 11 is 0. The van der Waals surface area contributed by atoms with E-state index >= 15 is 0 Å². The van der Waals surface area contributed by atoms with Crippen molar-refractivity contribution in [3.05, 3.63) is 29.6 Å². The van der Waals surface area contributed by atoms with E-state index in [9.17, 15) is 14.3 Å². The van der Waals surface area contributed by atoms with Gasteiger partial charge in [0.1, 0.15) is 5.82 Å². The number of halogens is 1. The number of carbonyl (C=O) groups is 1. The number of hydrogen-bond donors (Lipinski definition) is 1. The van der Waals surface area contributed by atoms with Crippen molar-refractivity contribution in [2.24, 2.45) is 0 Å². The van der Waals surface area contributed by atoms with E-state index in [0.29, 0.717) is 24.1 Å². The van der Waals surface area contributed by atoms with Gasteiger partial charge in [-0.1, -0.05) is 25.3 Å². The van der Waals surface area contributed by atoms with E-state index in [1.807, 2.05) is 0 Å². The fourth-order valence-electron chi connectivity index (χ4n) is 2.95. The molecule has 0 radical (unpaired) electrons. The molecule has 0 aromatic heterocycles. The zero-order valence-electron chi connectivity index (χ0n) is 11.4. The number of benzene rings is 1. The number of aliphatic carboxylic acids is 1. The minimum Gasteiger partial charge on any atom is -0.481 e.